The van der Waals surface area contributed by atoms with Crippen LogP contribution in [0.15, 0.2) is 42.5 Å². The fraction of sp³-hybridized carbons (Fsp3) is 0.391. The summed E-state index contributed by atoms with van der Waals surface area (Å²) in [6, 6.07) is 12.5. The van der Waals surface area contributed by atoms with Crippen LogP contribution in [-0.2, 0) is 9.59 Å². The van der Waals surface area contributed by atoms with Gasteiger partial charge >= 0.3 is 0 Å². The lowest BCUT2D eigenvalue weighted by atomic mass is 10.1. The van der Waals surface area contributed by atoms with Crippen molar-refractivity contribution in [2.75, 3.05) is 56.5 Å². The summed E-state index contributed by atoms with van der Waals surface area (Å²) in [6.07, 6.45) is 0. The summed E-state index contributed by atoms with van der Waals surface area (Å²) in [7, 11) is 1.76. The zero-order chi connectivity index (χ0) is 21.7. The van der Waals surface area contributed by atoms with E-state index in [1.54, 1.807) is 29.0 Å². The van der Waals surface area contributed by atoms with E-state index in [2.05, 4.69) is 5.32 Å². The van der Waals surface area contributed by atoms with Gasteiger partial charge in [0.2, 0.25) is 11.8 Å². The van der Waals surface area contributed by atoms with Gasteiger partial charge in [-0.2, -0.15) is 0 Å². The molecule has 7 heteroatoms. The standard InChI is InChI=1S/C23H29FN4O2/c1-17-7-6-9-20(18(17)2)25-22(29)15-26(3)16-23(30)28-13-11-27(12-14-28)21-10-5-4-8-19(21)24/h4-10H,11-16H2,1-3H3,(H,25,29). The van der Waals surface area contributed by atoms with Crippen LogP contribution >= 0.6 is 0 Å². The van der Waals surface area contributed by atoms with E-state index in [1.165, 1.54) is 6.07 Å². The molecule has 2 aromatic carbocycles. The highest BCUT2D eigenvalue weighted by Crippen LogP contribution is 2.20. The molecule has 1 fully saturated rings. The number of hydrogen-bond acceptors (Lipinski definition) is 4. The number of carbonyl (C=O) groups is 2. The maximum Gasteiger partial charge on any atom is 0.238 e. The fourth-order valence-corrected chi connectivity index (χ4v) is 3.61. The topological polar surface area (TPSA) is 55.9 Å². The van der Waals surface area contributed by atoms with Crippen LogP contribution < -0.4 is 10.2 Å². The second kappa shape index (κ2) is 9.71. The Morgan fingerprint density at radius 1 is 1.00 bits per heavy atom. The van der Waals surface area contributed by atoms with Crippen LogP contribution in [0.3, 0.4) is 0 Å². The number of benzene rings is 2. The summed E-state index contributed by atoms with van der Waals surface area (Å²) in [5.41, 5.74) is 3.52. The average Bonchev–Trinajstić information content (AvgIpc) is 2.72. The van der Waals surface area contributed by atoms with E-state index in [0.29, 0.717) is 31.9 Å². The van der Waals surface area contributed by atoms with E-state index in [-0.39, 0.29) is 30.7 Å². The van der Waals surface area contributed by atoms with Crippen molar-refractivity contribution in [2.24, 2.45) is 0 Å². The molecular weight excluding hydrogens is 383 g/mol. The monoisotopic (exact) mass is 412 g/mol. The zero-order valence-corrected chi connectivity index (χ0v) is 17.8. The van der Waals surface area contributed by atoms with Gasteiger partial charge in [-0.3, -0.25) is 14.5 Å². The normalized spacial score (nSPS) is 14.2. The van der Waals surface area contributed by atoms with Crippen LogP contribution in [0.2, 0.25) is 0 Å². The summed E-state index contributed by atoms with van der Waals surface area (Å²) in [6.45, 7) is 6.52. The lowest BCUT2D eigenvalue weighted by Crippen LogP contribution is -2.51. The molecule has 2 amide bonds. The largest absolute Gasteiger partial charge is 0.366 e. The number of piperazine rings is 1. The third kappa shape index (κ3) is 5.36. The number of nitrogens with one attached hydrogen (secondary N) is 1. The van der Waals surface area contributed by atoms with Gasteiger partial charge in [0.15, 0.2) is 0 Å². The molecule has 1 heterocycles. The van der Waals surface area contributed by atoms with Gasteiger partial charge in [0.05, 0.1) is 18.8 Å². The molecule has 0 unspecified atom stereocenters. The number of hydrogen-bond donors (Lipinski definition) is 1. The number of amides is 2. The minimum atomic E-state index is -0.244. The van der Waals surface area contributed by atoms with Crippen molar-refractivity contribution >= 4 is 23.2 Å². The van der Waals surface area contributed by atoms with Crippen LogP contribution in [0.4, 0.5) is 15.8 Å². The number of halogens is 1. The number of aryl methyl sites for hydroxylation is 1. The Kier molecular flexibility index (Phi) is 7.05. The van der Waals surface area contributed by atoms with Gasteiger partial charge in [-0.05, 0) is 50.2 Å². The molecule has 0 radical (unpaired) electrons. The number of carbonyl (C=O) groups excluding carboxylic acids is 2. The SMILES string of the molecule is Cc1cccc(NC(=O)CN(C)CC(=O)N2CCN(c3ccccc3F)CC2)c1C. The van der Waals surface area contributed by atoms with Crippen molar-refractivity contribution in [3.05, 3.63) is 59.4 Å². The summed E-state index contributed by atoms with van der Waals surface area (Å²) in [5, 5.41) is 2.92. The van der Waals surface area contributed by atoms with Gasteiger partial charge in [0.1, 0.15) is 5.82 Å². The Bertz CT molecular complexity index is 910. The summed E-state index contributed by atoms with van der Waals surface area (Å²) < 4.78 is 14.0. The maximum absolute atomic E-state index is 14.0. The molecule has 160 valence electrons. The Balaban J connectivity index is 1.46. The molecule has 30 heavy (non-hydrogen) atoms. The van der Waals surface area contributed by atoms with Crippen LogP contribution in [0.5, 0.6) is 0 Å². The molecule has 0 atom stereocenters. The smallest absolute Gasteiger partial charge is 0.238 e. The van der Waals surface area contributed by atoms with E-state index in [4.69, 9.17) is 0 Å². The predicted molar refractivity (Wildman–Crippen MR) is 117 cm³/mol. The molecule has 1 N–H and O–H groups in total. The second-order valence-electron chi connectivity index (χ2n) is 7.79. The fourth-order valence-electron chi connectivity index (χ4n) is 3.61. The van der Waals surface area contributed by atoms with Gasteiger partial charge < -0.3 is 15.1 Å². The summed E-state index contributed by atoms with van der Waals surface area (Å²) in [5.74, 6) is -0.416. The van der Waals surface area contributed by atoms with Gasteiger partial charge in [-0.15, -0.1) is 0 Å². The first kappa shape index (κ1) is 21.8. The lowest BCUT2D eigenvalue weighted by molar-refractivity contribution is -0.132. The van der Waals surface area contributed by atoms with Gasteiger partial charge in [0, 0.05) is 31.9 Å². The lowest BCUT2D eigenvalue weighted by Gasteiger charge is -2.36. The molecule has 0 saturated carbocycles. The molecule has 1 aliphatic rings. The molecule has 3 rings (SSSR count). The van der Waals surface area contributed by atoms with Crippen LogP contribution in [-0.4, -0.2) is 67.9 Å². The predicted octanol–water partition coefficient (Wildman–Crippen LogP) is 2.66. The third-order valence-corrected chi connectivity index (χ3v) is 5.52. The maximum atomic E-state index is 14.0. The van der Waals surface area contributed by atoms with Gasteiger partial charge in [-0.25, -0.2) is 4.39 Å². The van der Waals surface area contributed by atoms with Crippen molar-refractivity contribution < 1.29 is 14.0 Å². The Labute approximate surface area is 177 Å². The molecular formula is C23H29FN4O2. The Morgan fingerprint density at radius 3 is 2.40 bits per heavy atom. The molecule has 0 spiro atoms. The molecule has 2 aromatic rings. The van der Waals surface area contributed by atoms with Crippen molar-refractivity contribution in [1.29, 1.82) is 0 Å². The Morgan fingerprint density at radius 2 is 1.70 bits per heavy atom. The molecule has 6 nitrogen and oxygen atoms in total. The first-order chi connectivity index (χ1) is 14.3. The van der Waals surface area contributed by atoms with E-state index >= 15 is 0 Å². The molecule has 0 bridgehead atoms. The number of para-hydroxylation sites is 1. The Hall–Kier alpha value is -2.93. The van der Waals surface area contributed by atoms with Crippen molar-refractivity contribution in [3.63, 3.8) is 0 Å². The van der Waals surface area contributed by atoms with Crippen molar-refractivity contribution in [1.82, 2.24) is 9.80 Å². The molecule has 1 aliphatic heterocycles. The van der Waals surface area contributed by atoms with Gasteiger partial charge in [0.25, 0.3) is 0 Å². The highest BCUT2D eigenvalue weighted by atomic mass is 19.1. The first-order valence-corrected chi connectivity index (χ1v) is 10.2. The quantitative estimate of drug-likeness (QED) is 0.793. The number of anilines is 2. The van der Waals surface area contributed by atoms with E-state index in [0.717, 1.165) is 16.8 Å². The number of likely N-dealkylation sites (N-methyl/N-ethyl adjacent to an activating group) is 1. The second-order valence-corrected chi connectivity index (χ2v) is 7.79. The summed E-state index contributed by atoms with van der Waals surface area (Å²) >= 11 is 0. The summed E-state index contributed by atoms with van der Waals surface area (Å²) in [4.78, 5) is 30.4. The van der Waals surface area contributed by atoms with Gasteiger partial charge in [-0.1, -0.05) is 24.3 Å². The third-order valence-electron chi connectivity index (χ3n) is 5.52. The van der Waals surface area contributed by atoms with Crippen LogP contribution in [0.25, 0.3) is 0 Å². The van der Waals surface area contributed by atoms with Crippen LogP contribution in [0, 0.1) is 19.7 Å². The van der Waals surface area contributed by atoms with Crippen molar-refractivity contribution in [2.45, 2.75) is 13.8 Å². The van der Waals surface area contributed by atoms with Crippen molar-refractivity contribution in [3.8, 4) is 0 Å². The van der Waals surface area contributed by atoms with Crippen LogP contribution in [0.1, 0.15) is 11.1 Å². The van der Waals surface area contributed by atoms with E-state index in [1.807, 2.05) is 43.0 Å². The van der Waals surface area contributed by atoms with E-state index < -0.39 is 0 Å². The average molecular weight is 413 g/mol. The number of rotatable bonds is 6. The minimum absolute atomic E-state index is 0.0229. The molecule has 0 aromatic heterocycles. The molecule has 1 saturated heterocycles. The molecule has 0 aliphatic carbocycles. The highest BCUT2D eigenvalue weighted by Gasteiger charge is 2.23. The van der Waals surface area contributed by atoms with E-state index in [9.17, 15) is 14.0 Å². The zero-order valence-electron chi connectivity index (χ0n) is 17.8. The first-order valence-electron chi connectivity index (χ1n) is 10.2. The highest BCUT2D eigenvalue weighted by molar-refractivity contribution is 5.93. The minimum Gasteiger partial charge on any atom is -0.366 e. The number of nitrogens with zero attached hydrogens (tertiary/aromatic N) is 3.